The van der Waals surface area contributed by atoms with Crippen molar-refractivity contribution >= 4 is 11.9 Å². The predicted octanol–water partition coefficient (Wildman–Crippen LogP) is 1.66. The molecule has 5 nitrogen and oxygen atoms in total. The van der Waals surface area contributed by atoms with Gasteiger partial charge in [0, 0.05) is 6.54 Å². The molecule has 20 heavy (non-hydrogen) atoms. The van der Waals surface area contributed by atoms with E-state index in [0.717, 1.165) is 38.5 Å². The van der Waals surface area contributed by atoms with E-state index in [1.165, 1.54) is 0 Å². The van der Waals surface area contributed by atoms with Gasteiger partial charge >= 0.3 is 5.97 Å². The molecule has 0 aliphatic heterocycles. The van der Waals surface area contributed by atoms with Crippen molar-refractivity contribution in [2.75, 3.05) is 6.54 Å². The molecule has 2 aliphatic carbocycles. The van der Waals surface area contributed by atoms with E-state index in [1.54, 1.807) is 0 Å². The van der Waals surface area contributed by atoms with Gasteiger partial charge in [-0.1, -0.05) is 19.8 Å². The van der Waals surface area contributed by atoms with Gasteiger partial charge in [-0.3, -0.25) is 4.79 Å². The van der Waals surface area contributed by atoms with Crippen LogP contribution in [0.3, 0.4) is 0 Å². The number of hydrogen-bond acceptors (Lipinski definition) is 3. The minimum Gasteiger partial charge on any atom is -0.480 e. The average molecular weight is 282 g/mol. The van der Waals surface area contributed by atoms with Crippen LogP contribution < -0.4 is 11.1 Å². The quantitative estimate of drug-likeness (QED) is 0.731. The van der Waals surface area contributed by atoms with Crippen molar-refractivity contribution in [3.05, 3.63) is 0 Å². The van der Waals surface area contributed by atoms with Crippen molar-refractivity contribution in [3.63, 3.8) is 0 Å². The number of nitrogens with two attached hydrogens (primary N) is 1. The average Bonchev–Trinajstić information content (AvgIpc) is 2.91. The molecule has 114 valence electrons. The van der Waals surface area contributed by atoms with E-state index in [1.807, 2.05) is 0 Å². The summed E-state index contributed by atoms with van der Waals surface area (Å²) in [7, 11) is 0. The first-order valence-electron chi connectivity index (χ1n) is 7.70. The van der Waals surface area contributed by atoms with Crippen molar-refractivity contribution in [3.8, 4) is 0 Å². The Bertz CT molecular complexity index is 381. The van der Waals surface area contributed by atoms with Gasteiger partial charge in [-0.2, -0.15) is 0 Å². The summed E-state index contributed by atoms with van der Waals surface area (Å²) in [4.78, 5) is 24.3. The molecule has 2 aliphatic rings. The number of carbonyl (C=O) groups is 2. The summed E-state index contributed by atoms with van der Waals surface area (Å²) in [5.74, 6) is -0.508. The van der Waals surface area contributed by atoms with E-state index in [0.29, 0.717) is 25.3 Å². The van der Waals surface area contributed by atoms with Gasteiger partial charge < -0.3 is 16.2 Å². The molecule has 2 fully saturated rings. The summed E-state index contributed by atoms with van der Waals surface area (Å²) < 4.78 is 0. The summed E-state index contributed by atoms with van der Waals surface area (Å²) in [5.41, 5.74) is 4.20. The molecule has 5 heteroatoms. The molecule has 1 amide bonds. The fourth-order valence-corrected chi connectivity index (χ4v) is 3.57. The van der Waals surface area contributed by atoms with Crippen LogP contribution in [0.25, 0.3) is 0 Å². The second-order valence-corrected chi connectivity index (χ2v) is 6.72. The van der Waals surface area contributed by atoms with Crippen LogP contribution >= 0.6 is 0 Å². The Kier molecular flexibility index (Phi) is 4.37. The van der Waals surface area contributed by atoms with Crippen LogP contribution in [0, 0.1) is 11.3 Å². The van der Waals surface area contributed by atoms with Crippen LogP contribution in [0.1, 0.15) is 58.3 Å². The minimum absolute atomic E-state index is 0.144. The maximum absolute atomic E-state index is 12.6. The van der Waals surface area contributed by atoms with Crippen LogP contribution in [0.2, 0.25) is 0 Å². The Morgan fingerprint density at radius 1 is 1.20 bits per heavy atom. The van der Waals surface area contributed by atoms with Gasteiger partial charge in [0.2, 0.25) is 5.91 Å². The van der Waals surface area contributed by atoms with Gasteiger partial charge in [-0.15, -0.1) is 0 Å². The lowest BCUT2D eigenvalue weighted by Gasteiger charge is -2.39. The highest BCUT2D eigenvalue weighted by atomic mass is 16.4. The number of carbonyl (C=O) groups excluding carboxylic acids is 1. The number of carboxylic acids is 1. The summed E-state index contributed by atoms with van der Waals surface area (Å²) >= 11 is 0. The highest BCUT2D eigenvalue weighted by molar-refractivity contribution is 5.90. The monoisotopic (exact) mass is 282 g/mol. The van der Waals surface area contributed by atoms with Gasteiger partial charge in [-0.05, 0) is 44.4 Å². The Balaban J connectivity index is 2.12. The first-order chi connectivity index (χ1) is 9.44. The molecule has 2 rings (SSSR count). The second-order valence-electron chi connectivity index (χ2n) is 6.72. The van der Waals surface area contributed by atoms with E-state index < -0.39 is 16.9 Å². The molecule has 0 aromatic carbocycles. The summed E-state index contributed by atoms with van der Waals surface area (Å²) in [6, 6.07) is 0. The summed E-state index contributed by atoms with van der Waals surface area (Å²) in [5, 5.41) is 12.4. The van der Waals surface area contributed by atoms with E-state index in [9.17, 15) is 14.7 Å². The molecule has 0 heterocycles. The van der Waals surface area contributed by atoms with Crippen LogP contribution in [-0.4, -0.2) is 29.1 Å². The molecule has 0 spiro atoms. The van der Waals surface area contributed by atoms with Crippen LogP contribution in [0.5, 0.6) is 0 Å². The van der Waals surface area contributed by atoms with E-state index >= 15 is 0 Å². The highest BCUT2D eigenvalue weighted by Gasteiger charge is 2.47. The van der Waals surface area contributed by atoms with Crippen LogP contribution in [-0.2, 0) is 9.59 Å². The number of hydrogen-bond donors (Lipinski definition) is 3. The maximum atomic E-state index is 12.6. The fourth-order valence-electron chi connectivity index (χ4n) is 3.57. The van der Waals surface area contributed by atoms with Crippen molar-refractivity contribution < 1.29 is 14.7 Å². The molecule has 0 unspecified atom stereocenters. The predicted molar refractivity (Wildman–Crippen MR) is 76.1 cm³/mol. The number of aliphatic carboxylic acids is 1. The van der Waals surface area contributed by atoms with Crippen molar-refractivity contribution in [2.45, 2.75) is 63.8 Å². The molecule has 0 aromatic heterocycles. The lowest BCUT2D eigenvalue weighted by molar-refractivity contribution is -0.151. The topological polar surface area (TPSA) is 92.4 Å². The lowest BCUT2D eigenvalue weighted by atomic mass is 9.75. The normalized spacial score (nSPS) is 32.8. The van der Waals surface area contributed by atoms with Gasteiger partial charge in [0.25, 0.3) is 0 Å². The van der Waals surface area contributed by atoms with E-state index in [4.69, 9.17) is 5.73 Å². The summed E-state index contributed by atoms with van der Waals surface area (Å²) in [6.45, 7) is 2.44. The third kappa shape index (κ3) is 2.68. The van der Waals surface area contributed by atoms with Gasteiger partial charge in [0.15, 0.2) is 0 Å². The number of carboxylic acid groups (broad SMARTS) is 1. The zero-order valence-electron chi connectivity index (χ0n) is 12.3. The second kappa shape index (κ2) is 5.72. The van der Waals surface area contributed by atoms with E-state index in [2.05, 4.69) is 12.2 Å². The van der Waals surface area contributed by atoms with Gasteiger partial charge in [0.05, 0.1) is 5.41 Å². The zero-order valence-corrected chi connectivity index (χ0v) is 12.3. The number of nitrogens with one attached hydrogen (secondary N) is 1. The molecular formula is C15H26N2O3. The minimum atomic E-state index is -1.08. The van der Waals surface area contributed by atoms with Gasteiger partial charge in [-0.25, -0.2) is 4.79 Å². The van der Waals surface area contributed by atoms with Crippen molar-refractivity contribution in [1.29, 1.82) is 0 Å². The molecule has 0 aromatic rings. The first-order valence-corrected chi connectivity index (χ1v) is 7.70. The molecule has 2 saturated carbocycles. The maximum Gasteiger partial charge on any atom is 0.329 e. The first kappa shape index (κ1) is 15.3. The number of rotatable bonds is 4. The van der Waals surface area contributed by atoms with Crippen molar-refractivity contribution in [2.24, 2.45) is 17.1 Å². The van der Waals surface area contributed by atoms with Gasteiger partial charge in [0.1, 0.15) is 5.54 Å². The molecule has 0 radical (unpaired) electrons. The molecular weight excluding hydrogens is 256 g/mol. The molecule has 0 bridgehead atoms. The van der Waals surface area contributed by atoms with Crippen molar-refractivity contribution in [1.82, 2.24) is 5.32 Å². The SMILES string of the molecule is CC1CCC(NC(=O)C2(CN)CCCC2)(C(=O)O)CC1. The smallest absolute Gasteiger partial charge is 0.329 e. The Morgan fingerprint density at radius 2 is 1.75 bits per heavy atom. The Morgan fingerprint density at radius 3 is 2.20 bits per heavy atom. The fraction of sp³-hybridized carbons (Fsp3) is 0.867. The standard InChI is InChI=1S/C15H26N2O3/c1-11-4-8-15(9-5-11,13(19)20)17-12(18)14(10-16)6-2-3-7-14/h11H,2-10,16H2,1H3,(H,17,18)(H,19,20). The largest absolute Gasteiger partial charge is 0.480 e. The molecule has 0 atom stereocenters. The number of amides is 1. The third-order valence-corrected chi connectivity index (χ3v) is 5.32. The van der Waals surface area contributed by atoms with E-state index in [-0.39, 0.29) is 5.91 Å². The molecule has 4 N–H and O–H groups in total. The lowest BCUT2D eigenvalue weighted by Crippen LogP contribution is -2.60. The molecule has 0 saturated heterocycles. The Hall–Kier alpha value is -1.10. The highest BCUT2D eigenvalue weighted by Crippen LogP contribution is 2.39. The van der Waals surface area contributed by atoms with Crippen LogP contribution in [0.15, 0.2) is 0 Å². The van der Waals surface area contributed by atoms with Crippen LogP contribution in [0.4, 0.5) is 0 Å². The Labute approximate surface area is 120 Å². The zero-order chi connectivity index (χ0) is 14.8. The third-order valence-electron chi connectivity index (χ3n) is 5.32. The summed E-state index contributed by atoms with van der Waals surface area (Å²) in [6.07, 6.45) is 6.31.